The molecule has 0 aliphatic rings. The molecule has 0 fully saturated rings. The topological polar surface area (TPSA) is 61.2 Å². The van der Waals surface area contributed by atoms with Gasteiger partial charge in [-0.25, -0.2) is 4.98 Å². The van der Waals surface area contributed by atoms with Crippen LogP contribution in [0.25, 0.3) is 0 Å². The van der Waals surface area contributed by atoms with Crippen molar-refractivity contribution in [1.82, 2.24) is 9.55 Å². The summed E-state index contributed by atoms with van der Waals surface area (Å²) in [6.45, 7) is 3.56. The van der Waals surface area contributed by atoms with Gasteiger partial charge in [0, 0.05) is 18.7 Å². The first-order chi connectivity index (χ1) is 6.61. The molecule has 0 spiro atoms. The summed E-state index contributed by atoms with van der Waals surface area (Å²) >= 11 is 0. The molecule has 0 aromatic carbocycles. The second-order valence-corrected chi connectivity index (χ2v) is 2.92. The molecule has 0 saturated heterocycles. The van der Waals surface area contributed by atoms with Crippen molar-refractivity contribution >= 4 is 5.97 Å². The van der Waals surface area contributed by atoms with E-state index in [1.54, 1.807) is 6.92 Å². The van der Waals surface area contributed by atoms with Crippen LogP contribution in [0.15, 0.2) is 17.3 Å². The molecule has 0 radical (unpaired) electrons. The summed E-state index contributed by atoms with van der Waals surface area (Å²) in [7, 11) is 0. The summed E-state index contributed by atoms with van der Waals surface area (Å²) in [5.41, 5.74) is 0.475. The molecule has 5 heteroatoms. The molecule has 5 nitrogen and oxygen atoms in total. The molecule has 14 heavy (non-hydrogen) atoms. The Hall–Kier alpha value is -1.65. The number of esters is 1. The Bertz CT molecular complexity index is 384. The van der Waals surface area contributed by atoms with Crippen molar-refractivity contribution in [3.05, 3.63) is 28.4 Å². The van der Waals surface area contributed by atoms with Crippen LogP contribution in [0.4, 0.5) is 0 Å². The first kappa shape index (κ1) is 10.4. The second-order valence-electron chi connectivity index (χ2n) is 2.92. The Balaban J connectivity index is 2.64. The average Bonchev–Trinajstić information content (AvgIpc) is 2.12. The van der Waals surface area contributed by atoms with Crippen LogP contribution in [0.2, 0.25) is 0 Å². The maximum absolute atomic E-state index is 11.4. The van der Waals surface area contributed by atoms with Crippen LogP contribution in [-0.4, -0.2) is 22.1 Å². The Morgan fingerprint density at radius 1 is 1.64 bits per heavy atom. The molecule has 0 bridgehead atoms. The molecule has 0 saturated carbocycles. The van der Waals surface area contributed by atoms with Crippen LogP contribution in [-0.2, 0) is 16.1 Å². The van der Waals surface area contributed by atoms with Crippen molar-refractivity contribution in [2.75, 3.05) is 6.61 Å². The number of carbonyl (C=O) groups is 1. The summed E-state index contributed by atoms with van der Waals surface area (Å²) < 4.78 is 6.13. The van der Waals surface area contributed by atoms with Gasteiger partial charge in [0.1, 0.15) is 6.61 Å². The van der Waals surface area contributed by atoms with E-state index in [4.69, 9.17) is 4.74 Å². The zero-order valence-corrected chi connectivity index (χ0v) is 8.19. The van der Waals surface area contributed by atoms with Gasteiger partial charge in [0.2, 0.25) is 0 Å². The number of hydrogen-bond donors (Lipinski definition) is 0. The molecule has 0 aliphatic heterocycles. The summed E-state index contributed by atoms with van der Waals surface area (Å²) in [6, 6.07) is 0. The van der Waals surface area contributed by atoms with Crippen LogP contribution in [0.3, 0.4) is 0 Å². The van der Waals surface area contributed by atoms with Gasteiger partial charge in [0.05, 0.1) is 12.9 Å². The molecular weight excluding hydrogens is 184 g/mol. The number of carbonyl (C=O) groups excluding carboxylic acids is 1. The molecule has 1 aromatic rings. The Morgan fingerprint density at radius 3 is 3.00 bits per heavy atom. The molecular formula is C9H12N2O3. The summed E-state index contributed by atoms with van der Waals surface area (Å²) in [4.78, 5) is 25.8. The van der Waals surface area contributed by atoms with Gasteiger partial charge in [-0.3, -0.25) is 14.2 Å². The van der Waals surface area contributed by atoms with Gasteiger partial charge in [-0.15, -0.1) is 0 Å². The van der Waals surface area contributed by atoms with E-state index < -0.39 is 0 Å². The lowest BCUT2D eigenvalue weighted by molar-refractivity contribution is -0.141. The number of aryl methyl sites for hydroxylation is 1. The van der Waals surface area contributed by atoms with Crippen molar-refractivity contribution in [3.8, 4) is 0 Å². The molecule has 0 amide bonds. The third kappa shape index (κ3) is 2.69. The molecule has 1 rings (SSSR count). The lowest BCUT2D eigenvalue weighted by Crippen LogP contribution is -2.24. The predicted molar refractivity (Wildman–Crippen MR) is 49.9 cm³/mol. The van der Waals surface area contributed by atoms with Crippen molar-refractivity contribution in [2.45, 2.75) is 20.4 Å². The summed E-state index contributed by atoms with van der Waals surface area (Å²) in [5, 5.41) is 0. The maximum Gasteiger partial charge on any atom is 0.302 e. The third-order valence-corrected chi connectivity index (χ3v) is 1.71. The monoisotopic (exact) mass is 196 g/mol. The quantitative estimate of drug-likeness (QED) is 0.644. The predicted octanol–water partition coefficient (Wildman–Crippen LogP) is 0.115. The van der Waals surface area contributed by atoms with E-state index in [2.05, 4.69) is 4.98 Å². The van der Waals surface area contributed by atoms with E-state index in [-0.39, 0.29) is 18.1 Å². The number of hydrogen-bond acceptors (Lipinski definition) is 4. The summed E-state index contributed by atoms with van der Waals surface area (Å²) in [6.07, 6.45) is 2.93. The van der Waals surface area contributed by atoms with E-state index in [0.29, 0.717) is 12.1 Å². The fourth-order valence-corrected chi connectivity index (χ4v) is 1.01. The fraction of sp³-hybridized carbons (Fsp3) is 0.444. The maximum atomic E-state index is 11.4. The van der Waals surface area contributed by atoms with Crippen LogP contribution in [0.5, 0.6) is 0 Å². The molecule has 1 heterocycles. The standard InChI is InChI=1S/C9H12N2O3/c1-7-5-10-6-11(9(7)13)3-4-14-8(2)12/h5-6H,3-4H2,1-2H3. The highest BCUT2D eigenvalue weighted by Gasteiger charge is 1.99. The first-order valence-corrected chi connectivity index (χ1v) is 4.25. The zero-order chi connectivity index (χ0) is 10.6. The SMILES string of the molecule is CC(=O)OCCn1cncc(C)c1=O. The number of aromatic nitrogens is 2. The van der Waals surface area contributed by atoms with Gasteiger partial charge >= 0.3 is 5.97 Å². The number of ether oxygens (including phenoxy) is 1. The van der Waals surface area contributed by atoms with Gasteiger partial charge in [-0.05, 0) is 6.92 Å². The van der Waals surface area contributed by atoms with E-state index in [0.717, 1.165) is 0 Å². The van der Waals surface area contributed by atoms with E-state index in [1.165, 1.54) is 24.0 Å². The molecule has 0 N–H and O–H groups in total. The van der Waals surface area contributed by atoms with E-state index in [9.17, 15) is 9.59 Å². The normalized spacial score (nSPS) is 9.86. The zero-order valence-electron chi connectivity index (χ0n) is 8.19. The Kier molecular flexibility index (Phi) is 3.39. The van der Waals surface area contributed by atoms with Crippen LogP contribution in [0.1, 0.15) is 12.5 Å². The highest BCUT2D eigenvalue weighted by Crippen LogP contribution is 1.86. The minimum Gasteiger partial charge on any atom is -0.464 e. The van der Waals surface area contributed by atoms with Crippen LogP contribution < -0.4 is 5.56 Å². The molecule has 0 unspecified atom stereocenters. The average molecular weight is 196 g/mol. The van der Waals surface area contributed by atoms with Gasteiger partial charge in [0.25, 0.3) is 5.56 Å². The van der Waals surface area contributed by atoms with Gasteiger partial charge in [-0.2, -0.15) is 0 Å². The van der Waals surface area contributed by atoms with Crippen molar-refractivity contribution in [3.63, 3.8) is 0 Å². The minimum atomic E-state index is -0.348. The smallest absolute Gasteiger partial charge is 0.302 e. The lowest BCUT2D eigenvalue weighted by atomic mass is 10.4. The number of nitrogens with zero attached hydrogens (tertiary/aromatic N) is 2. The van der Waals surface area contributed by atoms with Gasteiger partial charge in [-0.1, -0.05) is 0 Å². The third-order valence-electron chi connectivity index (χ3n) is 1.71. The first-order valence-electron chi connectivity index (χ1n) is 4.25. The Labute approximate surface area is 81.3 Å². The summed E-state index contributed by atoms with van der Waals surface area (Å²) in [5.74, 6) is -0.348. The van der Waals surface area contributed by atoms with Crippen molar-refractivity contribution < 1.29 is 9.53 Å². The Morgan fingerprint density at radius 2 is 2.36 bits per heavy atom. The van der Waals surface area contributed by atoms with Crippen LogP contribution in [0, 0.1) is 6.92 Å². The molecule has 76 valence electrons. The molecule has 0 atom stereocenters. The van der Waals surface area contributed by atoms with Gasteiger partial charge < -0.3 is 4.74 Å². The highest BCUT2D eigenvalue weighted by atomic mass is 16.5. The minimum absolute atomic E-state index is 0.104. The molecule has 0 aliphatic carbocycles. The van der Waals surface area contributed by atoms with E-state index in [1.807, 2.05) is 0 Å². The highest BCUT2D eigenvalue weighted by molar-refractivity contribution is 5.65. The van der Waals surface area contributed by atoms with E-state index >= 15 is 0 Å². The van der Waals surface area contributed by atoms with Crippen molar-refractivity contribution in [1.29, 1.82) is 0 Å². The molecule has 1 aromatic heterocycles. The lowest BCUT2D eigenvalue weighted by Gasteiger charge is -2.05. The van der Waals surface area contributed by atoms with Crippen molar-refractivity contribution in [2.24, 2.45) is 0 Å². The second kappa shape index (κ2) is 4.55. The largest absolute Gasteiger partial charge is 0.464 e. The number of rotatable bonds is 3. The fourth-order valence-electron chi connectivity index (χ4n) is 1.01. The van der Waals surface area contributed by atoms with Gasteiger partial charge in [0.15, 0.2) is 0 Å². The van der Waals surface area contributed by atoms with Crippen LogP contribution >= 0.6 is 0 Å².